The minimum atomic E-state index is 0.616. The van der Waals surface area contributed by atoms with Gasteiger partial charge in [0, 0.05) is 26.3 Å². The zero-order valence-electron chi connectivity index (χ0n) is 9.63. The van der Waals surface area contributed by atoms with E-state index in [2.05, 4.69) is 25.4 Å². The number of fused-ring (bicyclic) bond motifs is 1. The lowest BCUT2D eigenvalue weighted by atomic mass is 10.4. The summed E-state index contributed by atoms with van der Waals surface area (Å²) in [4.78, 5) is 6.39. The fourth-order valence-corrected chi connectivity index (χ4v) is 1.89. The first-order valence-electron chi connectivity index (χ1n) is 5.60. The van der Waals surface area contributed by atoms with Crippen molar-refractivity contribution in [3.63, 3.8) is 0 Å². The lowest BCUT2D eigenvalue weighted by molar-refractivity contribution is 0.122. The monoisotopic (exact) mass is 234 g/mol. The van der Waals surface area contributed by atoms with E-state index < -0.39 is 0 Å². The third-order valence-electron chi connectivity index (χ3n) is 2.83. The number of anilines is 2. The highest BCUT2D eigenvalue weighted by atomic mass is 16.5. The van der Waals surface area contributed by atoms with Crippen molar-refractivity contribution in [3.8, 4) is 0 Å². The Morgan fingerprint density at radius 3 is 2.88 bits per heavy atom. The molecule has 0 atom stereocenters. The van der Waals surface area contributed by atoms with Crippen LogP contribution in [0.4, 0.5) is 11.6 Å². The average Bonchev–Trinajstić information content (AvgIpc) is 2.82. The predicted molar refractivity (Wildman–Crippen MR) is 63.4 cm³/mol. The van der Waals surface area contributed by atoms with Gasteiger partial charge in [0.15, 0.2) is 0 Å². The number of nitrogens with one attached hydrogen (secondary N) is 1. The second kappa shape index (κ2) is 4.17. The van der Waals surface area contributed by atoms with E-state index in [1.165, 1.54) is 0 Å². The predicted octanol–water partition coefficient (Wildman–Crippen LogP) is 0.00260. The zero-order chi connectivity index (χ0) is 11.7. The van der Waals surface area contributed by atoms with Crippen LogP contribution in [0.2, 0.25) is 0 Å². The summed E-state index contributed by atoms with van der Waals surface area (Å²) < 4.78 is 7.23. The van der Waals surface area contributed by atoms with Gasteiger partial charge >= 0.3 is 0 Å². The Morgan fingerprint density at radius 1 is 1.29 bits per heavy atom. The number of hydrogen-bond donors (Lipinski definition) is 1. The van der Waals surface area contributed by atoms with Crippen LogP contribution >= 0.6 is 0 Å². The van der Waals surface area contributed by atoms with Crippen molar-refractivity contribution in [2.24, 2.45) is 0 Å². The van der Waals surface area contributed by atoms with Gasteiger partial charge in [-0.1, -0.05) is 0 Å². The van der Waals surface area contributed by atoms with Gasteiger partial charge in [-0.3, -0.25) is 4.40 Å². The Labute approximate surface area is 98.4 Å². The Balaban J connectivity index is 2.02. The molecule has 7 heteroatoms. The maximum Gasteiger partial charge on any atom is 0.256 e. The van der Waals surface area contributed by atoms with Crippen molar-refractivity contribution in [2.45, 2.75) is 0 Å². The number of nitrogens with zero attached hydrogens (tertiary/aromatic N) is 5. The number of rotatable bonds is 2. The van der Waals surface area contributed by atoms with E-state index >= 15 is 0 Å². The van der Waals surface area contributed by atoms with E-state index in [4.69, 9.17) is 4.74 Å². The molecule has 7 nitrogen and oxygen atoms in total. The van der Waals surface area contributed by atoms with Gasteiger partial charge in [-0.15, -0.1) is 10.2 Å². The molecule has 0 bridgehead atoms. The van der Waals surface area contributed by atoms with Crippen LogP contribution < -0.4 is 10.2 Å². The molecule has 17 heavy (non-hydrogen) atoms. The summed E-state index contributed by atoms with van der Waals surface area (Å²) in [7, 11) is 1.86. The fraction of sp³-hybridized carbons (Fsp3) is 0.500. The molecule has 0 spiro atoms. The van der Waals surface area contributed by atoms with E-state index in [-0.39, 0.29) is 0 Å². The summed E-state index contributed by atoms with van der Waals surface area (Å²) in [6.07, 6.45) is 3.69. The quantitative estimate of drug-likeness (QED) is 0.789. The molecule has 3 heterocycles. The topological polar surface area (TPSA) is 67.6 Å². The van der Waals surface area contributed by atoms with Crippen LogP contribution in [0, 0.1) is 0 Å². The molecule has 0 amide bonds. The normalized spacial score (nSPS) is 16.4. The van der Waals surface area contributed by atoms with Crippen molar-refractivity contribution in [3.05, 3.63) is 12.4 Å². The van der Waals surface area contributed by atoms with E-state index in [9.17, 15) is 0 Å². The maximum absolute atomic E-state index is 5.33. The van der Waals surface area contributed by atoms with Gasteiger partial charge in [-0.05, 0) is 0 Å². The van der Waals surface area contributed by atoms with Crippen LogP contribution in [0.5, 0.6) is 0 Å². The van der Waals surface area contributed by atoms with Crippen LogP contribution in [0.1, 0.15) is 0 Å². The van der Waals surface area contributed by atoms with Gasteiger partial charge < -0.3 is 15.0 Å². The van der Waals surface area contributed by atoms with E-state index in [0.717, 1.165) is 37.9 Å². The van der Waals surface area contributed by atoms with Crippen molar-refractivity contribution >= 4 is 17.4 Å². The molecule has 3 rings (SSSR count). The van der Waals surface area contributed by atoms with E-state index in [1.54, 1.807) is 6.20 Å². The van der Waals surface area contributed by atoms with Crippen LogP contribution in [-0.4, -0.2) is 52.9 Å². The summed E-state index contributed by atoms with van der Waals surface area (Å²) in [6.45, 7) is 3.14. The molecule has 90 valence electrons. The molecular formula is C10H14N6O. The second-order valence-corrected chi connectivity index (χ2v) is 3.86. The summed E-state index contributed by atoms with van der Waals surface area (Å²) in [5, 5.41) is 11.3. The van der Waals surface area contributed by atoms with Gasteiger partial charge in [0.05, 0.1) is 25.1 Å². The van der Waals surface area contributed by atoms with E-state index in [1.807, 2.05) is 17.6 Å². The average molecular weight is 234 g/mol. The fourth-order valence-electron chi connectivity index (χ4n) is 1.89. The number of ether oxygens (including phenoxy) is 1. The van der Waals surface area contributed by atoms with Crippen LogP contribution in [0.3, 0.4) is 0 Å². The van der Waals surface area contributed by atoms with Crippen LogP contribution in [0.25, 0.3) is 5.78 Å². The minimum Gasteiger partial charge on any atom is -0.386 e. The van der Waals surface area contributed by atoms with Gasteiger partial charge in [-0.25, -0.2) is 4.98 Å². The lowest BCUT2D eigenvalue weighted by Gasteiger charge is -2.26. The lowest BCUT2D eigenvalue weighted by Crippen LogP contribution is -2.37. The third kappa shape index (κ3) is 1.78. The standard InChI is InChI=1S/C10H14N6O/c1-11-8-6-12-9-13-14-10(16(9)7-8)15-2-4-17-5-3-15/h6-7,11H,2-5H2,1H3. The van der Waals surface area contributed by atoms with Crippen LogP contribution in [-0.2, 0) is 4.74 Å². The minimum absolute atomic E-state index is 0.616. The Kier molecular flexibility index (Phi) is 2.52. The molecule has 0 saturated carbocycles. The summed E-state index contributed by atoms with van der Waals surface area (Å²) in [6, 6.07) is 0. The molecule has 0 unspecified atom stereocenters. The first-order valence-corrected chi connectivity index (χ1v) is 5.60. The molecular weight excluding hydrogens is 220 g/mol. The molecule has 1 fully saturated rings. The second-order valence-electron chi connectivity index (χ2n) is 3.86. The molecule has 2 aromatic heterocycles. The van der Waals surface area contributed by atoms with Crippen molar-refractivity contribution in [1.82, 2.24) is 19.6 Å². The van der Waals surface area contributed by atoms with Crippen LogP contribution in [0.15, 0.2) is 12.4 Å². The van der Waals surface area contributed by atoms with Gasteiger partial charge in [0.1, 0.15) is 0 Å². The molecule has 0 aromatic carbocycles. The summed E-state index contributed by atoms with van der Waals surface area (Å²) >= 11 is 0. The van der Waals surface area contributed by atoms with Gasteiger partial charge in [0.25, 0.3) is 5.78 Å². The zero-order valence-corrected chi connectivity index (χ0v) is 9.63. The van der Waals surface area contributed by atoms with Gasteiger partial charge in [0.2, 0.25) is 5.95 Å². The largest absolute Gasteiger partial charge is 0.386 e. The molecule has 1 aliphatic heterocycles. The van der Waals surface area contributed by atoms with E-state index in [0.29, 0.717) is 5.78 Å². The number of aromatic nitrogens is 4. The highest BCUT2D eigenvalue weighted by molar-refractivity contribution is 5.48. The molecule has 1 aliphatic rings. The highest BCUT2D eigenvalue weighted by Gasteiger charge is 2.17. The molecule has 1 saturated heterocycles. The smallest absolute Gasteiger partial charge is 0.256 e. The first kappa shape index (κ1) is 10.3. The van der Waals surface area contributed by atoms with Gasteiger partial charge in [-0.2, -0.15) is 0 Å². The molecule has 0 radical (unpaired) electrons. The first-order chi connectivity index (χ1) is 8.38. The Bertz CT molecular complexity index is 518. The van der Waals surface area contributed by atoms with Crippen molar-refractivity contribution in [1.29, 1.82) is 0 Å². The Morgan fingerprint density at radius 2 is 2.12 bits per heavy atom. The van der Waals surface area contributed by atoms with Crippen molar-refractivity contribution in [2.75, 3.05) is 43.6 Å². The summed E-state index contributed by atoms with van der Waals surface area (Å²) in [5.74, 6) is 1.44. The molecule has 0 aliphatic carbocycles. The number of morpholine rings is 1. The summed E-state index contributed by atoms with van der Waals surface area (Å²) in [5.41, 5.74) is 0.937. The van der Waals surface area contributed by atoms with Crippen molar-refractivity contribution < 1.29 is 4.74 Å². The third-order valence-corrected chi connectivity index (χ3v) is 2.83. The molecule has 2 aromatic rings. The maximum atomic E-state index is 5.33. The number of hydrogen-bond acceptors (Lipinski definition) is 6. The molecule has 1 N–H and O–H groups in total. The highest BCUT2D eigenvalue weighted by Crippen LogP contribution is 2.15. The SMILES string of the molecule is CNc1cnc2nnc(N3CCOCC3)n2c1. The Hall–Kier alpha value is -1.89.